The van der Waals surface area contributed by atoms with Crippen LogP contribution >= 0.6 is 0 Å². The summed E-state index contributed by atoms with van der Waals surface area (Å²) in [6.07, 6.45) is 0. The van der Waals surface area contributed by atoms with Crippen molar-refractivity contribution in [3.05, 3.63) is 70.0 Å². The lowest BCUT2D eigenvalue weighted by molar-refractivity contribution is -0.131. The molecule has 0 aliphatic heterocycles. The van der Waals surface area contributed by atoms with Gasteiger partial charge >= 0.3 is 5.97 Å². The van der Waals surface area contributed by atoms with Crippen LogP contribution in [0.2, 0.25) is 0 Å². The van der Waals surface area contributed by atoms with Crippen molar-refractivity contribution in [3.8, 4) is 5.75 Å². The number of nitrogens with zero attached hydrogens (tertiary/aromatic N) is 1. The Morgan fingerprint density at radius 2 is 1.78 bits per heavy atom. The highest BCUT2D eigenvalue weighted by Crippen LogP contribution is 2.28. The molecule has 0 aliphatic carbocycles. The molecule has 0 saturated carbocycles. The molecule has 1 amide bonds. The molecule has 3 rings (SSSR count). The summed E-state index contributed by atoms with van der Waals surface area (Å²) >= 11 is 0. The van der Waals surface area contributed by atoms with Crippen LogP contribution in [0.1, 0.15) is 17.3 Å². The fourth-order valence-corrected chi connectivity index (χ4v) is 2.68. The number of hydrogen-bond donors (Lipinski definition) is 1. The van der Waals surface area contributed by atoms with Crippen molar-refractivity contribution in [2.45, 2.75) is 6.92 Å². The van der Waals surface area contributed by atoms with Crippen molar-refractivity contribution in [3.63, 3.8) is 0 Å². The van der Waals surface area contributed by atoms with E-state index in [0.29, 0.717) is 10.9 Å². The van der Waals surface area contributed by atoms with Crippen molar-refractivity contribution < 1.29 is 23.1 Å². The number of hydrogen-bond acceptors (Lipinski definition) is 4. The second kappa shape index (κ2) is 6.99. The topological polar surface area (TPSA) is 77.4 Å². The van der Waals surface area contributed by atoms with Gasteiger partial charge in [-0.25, -0.2) is 8.78 Å². The molecule has 0 bridgehead atoms. The minimum Gasteiger partial charge on any atom is -0.425 e. The molecule has 1 aromatic heterocycles. The molecule has 1 N–H and O–H groups in total. The van der Waals surface area contributed by atoms with Gasteiger partial charge in [0.25, 0.3) is 11.5 Å². The summed E-state index contributed by atoms with van der Waals surface area (Å²) < 4.78 is 32.8. The number of rotatable bonds is 3. The van der Waals surface area contributed by atoms with E-state index in [2.05, 4.69) is 5.32 Å². The second-order valence-electron chi connectivity index (χ2n) is 5.76. The Bertz CT molecular complexity index is 1140. The fourth-order valence-electron chi connectivity index (χ4n) is 2.68. The first-order valence-electron chi connectivity index (χ1n) is 7.86. The maximum Gasteiger partial charge on any atom is 0.308 e. The molecule has 0 radical (unpaired) electrons. The maximum absolute atomic E-state index is 13.4. The zero-order valence-corrected chi connectivity index (χ0v) is 14.4. The van der Waals surface area contributed by atoms with E-state index in [4.69, 9.17) is 4.74 Å². The lowest BCUT2D eigenvalue weighted by atomic mass is 10.1. The van der Waals surface area contributed by atoms with E-state index in [1.807, 2.05) is 0 Å². The molecule has 0 unspecified atom stereocenters. The quantitative estimate of drug-likeness (QED) is 0.717. The number of para-hydroxylation sites is 1. The molecular formula is C19H14F2N2O4. The van der Waals surface area contributed by atoms with Crippen LogP contribution in [0.4, 0.5) is 14.5 Å². The second-order valence-corrected chi connectivity index (χ2v) is 5.76. The van der Waals surface area contributed by atoms with Gasteiger partial charge in [0.1, 0.15) is 5.56 Å². The number of halogens is 2. The average Bonchev–Trinajstić information content (AvgIpc) is 2.62. The number of esters is 1. The predicted molar refractivity (Wildman–Crippen MR) is 94.8 cm³/mol. The van der Waals surface area contributed by atoms with Crippen LogP contribution in [0.5, 0.6) is 5.75 Å². The number of aromatic nitrogens is 1. The first-order valence-corrected chi connectivity index (χ1v) is 7.86. The maximum atomic E-state index is 13.4. The number of carbonyl (C=O) groups is 2. The molecule has 27 heavy (non-hydrogen) atoms. The average molecular weight is 372 g/mol. The zero-order valence-electron chi connectivity index (χ0n) is 14.4. The van der Waals surface area contributed by atoms with Crippen LogP contribution < -0.4 is 15.6 Å². The summed E-state index contributed by atoms with van der Waals surface area (Å²) in [6, 6.07) is 9.37. The van der Waals surface area contributed by atoms with E-state index in [1.54, 1.807) is 24.3 Å². The van der Waals surface area contributed by atoms with E-state index in [0.717, 1.165) is 25.1 Å². The fraction of sp³-hybridized carbons (Fsp3) is 0.105. The standard InChI is InChI=1S/C19H14F2N2O4/c1-10(24)27-17-12-5-3-4-6-15(12)23(2)19(26)16(17)18(25)22-11-7-8-13(20)14(21)9-11/h3-9H,1-2H3,(H,22,25). The molecule has 0 fully saturated rings. The van der Waals surface area contributed by atoms with Gasteiger partial charge in [-0.1, -0.05) is 12.1 Å². The van der Waals surface area contributed by atoms with Crippen molar-refractivity contribution in [1.82, 2.24) is 4.57 Å². The van der Waals surface area contributed by atoms with E-state index in [1.165, 1.54) is 11.6 Å². The third kappa shape index (κ3) is 3.41. The summed E-state index contributed by atoms with van der Waals surface area (Å²) in [5, 5.41) is 2.70. The lowest BCUT2D eigenvalue weighted by Crippen LogP contribution is -2.29. The zero-order chi connectivity index (χ0) is 19.7. The molecule has 8 heteroatoms. The highest BCUT2D eigenvalue weighted by Gasteiger charge is 2.24. The summed E-state index contributed by atoms with van der Waals surface area (Å²) in [6.45, 7) is 1.14. The minimum absolute atomic E-state index is 0.0529. The van der Waals surface area contributed by atoms with E-state index < -0.39 is 34.6 Å². The molecule has 6 nitrogen and oxygen atoms in total. The number of pyridine rings is 1. The predicted octanol–water partition coefficient (Wildman–Crippen LogP) is 2.99. The number of ether oxygens (including phenoxy) is 1. The largest absolute Gasteiger partial charge is 0.425 e. The van der Waals surface area contributed by atoms with Gasteiger partial charge in [-0.15, -0.1) is 0 Å². The van der Waals surface area contributed by atoms with Gasteiger partial charge in [-0.2, -0.15) is 0 Å². The van der Waals surface area contributed by atoms with Gasteiger partial charge in [0.15, 0.2) is 17.4 Å². The van der Waals surface area contributed by atoms with Gasteiger partial charge in [-0.05, 0) is 24.3 Å². The molecule has 0 aliphatic rings. The summed E-state index contributed by atoms with van der Waals surface area (Å²) in [5.41, 5.74) is -0.716. The van der Waals surface area contributed by atoms with Gasteiger partial charge in [0.2, 0.25) is 0 Å². The van der Waals surface area contributed by atoms with Crippen molar-refractivity contribution in [2.75, 3.05) is 5.32 Å². The van der Waals surface area contributed by atoms with Crippen molar-refractivity contribution in [2.24, 2.45) is 7.05 Å². The number of nitrogens with one attached hydrogen (secondary N) is 1. The van der Waals surface area contributed by atoms with Crippen LogP contribution in [0, 0.1) is 11.6 Å². The van der Waals surface area contributed by atoms with Crippen molar-refractivity contribution in [1.29, 1.82) is 0 Å². The number of aryl methyl sites for hydroxylation is 1. The molecule has 0 atom stereocenters. The third-order valence-corrected chi connectivity index (χ3v) is 3.91. The SMILES string of the molecule is CC(=O)Oc1c(C(=O)Nc2ccc(F)c(F)c2)c(=O)n(C)c2ccccc12. The first kappa shape index (κ1) is 18.2. The monoisotopic (exact) mass is 372 g/mol. The Kier molecular flexibility index (Phi) is 4.72. The summed E-state index contributed by atoms with van der Waals surface area (Å²) in [5.74, 6) is -4.05. The Labute approximate surface area is 152 Å². The Morgan fingerprint density at radius 1 is 1.07 bits per heavy atom. The number of carbonyl (C=O) groups excluding carboxylic acids is 2. The molecule has 138 valence electrons. The molecule has 2 aromatic carbocycles. The smallest absolute Gasteiger partial charge is 0.308 e. The van der Waals surface area contributed by atoms with Gasteiger partial charge < -0.3 is 14.6 Å². The van der Waals surface area contributed by atoms with Gasteiger partial charge in [0, 0.05) is 31.1 Å². The Balaban J connectivity index is 2.18. The van der Waals surface area contributed by atoms with Gasteiger partial charge in [0.05, 0.1) is 5.52 Å². The van der Waals surface area contributed by atoms with E-state index in [-0.39, 0.29) is 11.4 Å². The van der Waals surface area contributed by atoms with Crippen LogP contribution in [-0.2, 0) is 11.8 Å². The first-order chi connectivity index (χ1) is 12.8. The van der Waals surface area contributed by atoms with E-state index in [9.17, 15) is 23.2 Å². The Hall–Kier alpha value is -3.55. The number of amides is 1. The van der Waals surface area contributed by atoms with Crippen molar-refractivity contribution >= 4 is 28.5 Å². The van der Waals surface area contributed by atoms with Crippen LogP contribution in [0.15, 0.2) is 47.3 Å². The van der Waals surface area contributed by atoms with Gasteiger partial charge in [-0.3, -0.25) is 14.4 Å². The number of benzene rings is 2. The summed E-state index contributed by atoms with van der Waals surface area (Å²) in [7, 11) is 1.47. The molecule has 3 aromatic rings. The minimum atomic E-state index is -1.15. The van der Waals surface area contributed by atoms with Crippen LogP contribution in [0.25, 0.3) is 10.9 Å². The Morgan fingerprint density at radius 3 is 2.44 bits per heavy atom. The third-order valence-electron chi connectivity index (χ3n) is 3.91. The highest BCUT2D eigenvalue weighted by molar-refractivity contribution is 6.09. The number of fused-ring (bicyclic) bond motifs is 1. The van der Waals surface area contributed by atoms with E-state index >= 15 is 0 Å². The van der Waals surface area contributed by atoms with Crippen LogP contribution in [-0.4, -0.2) is 16.4 Å². The number of anilines is 1. The molecule has 1 heterocycles. The highest BCUT2D eigenvalue weighted by atomic mass is 19.2. The normalized spacial score (nSPS) is 10.7. The summed E-state index contributed by atoms with van der Waals surface area (Å²) in [4.78, 5) is 36.9. The van der Waals surface area contributed by atoms with Crippen LogP contribution in [0.3, 0.4) is 0 Å². The lowest BCUT2D eigenvalue weighted by Gasteiger charge is -2.15. The molecule has 0 spiro atoms. The molecule has 0 saturated heterocycles. The molecular weight excluding hydrogens is 358 g/mol.